The molecule has 1 unspecified atom stereocenters. The number of carbonyl (C=O) groups is 1. The maximum atomic E-state index is 13.0. The fraction of sp³-hybridized carbons (Fsp3) is 0.269. The zero-order valence-electron chi connectivity index (χ0n) is 16.6. The largest absolute Gasteiger partial charge is 0.342 e. The van der Waals surface area contributed by atoms with Gasteiger partial charge in [0.1, 0.15) is 0 Å². The molecular weight excluding hydrogens is 378 g/mol. The molecule has 3 heteroatoms. The van der Waals surface area contributed by atoms with Crippen LogP contribution in [0.4, 0.5) is 0 Å². The summed E-state index contributed by atoms with van der Waals surface area (Å²) >= 11 is 6.04. The molecule has 0 aromatic heterocycles. The van der Waals surface area contributed by atoms with Crippen molar-refractivity contribution >= 4 is 17.5 Å². The van der Waals surface area contributed by atoms with E-state index in [2.05, 4.69) is 53.4 Å². The number of likely N-dealkylation sites (tertiary alicyclic amines) is 1. The van der Waals surface area contributed by atoms with Crippen LogP contribution >= 0.6 is 11.6 Å². The first-order valence-corrected chi connectivity index (χ1v) is 10.7. The van der Waals surface area contributed by atoms with Gasteiger partial charge in [0.25, 0.3) is 0 Å². The second kappa shape index (κ2) is 9.28. The Labute approximate surface area is 178 Å². The van der Waals surface area contributed by atoms with E-state index in [0.717, 1.165) is 42.9 Å². The lowest BCUT2D eigenvalue weighted by Crippen LogP contribution is -2.35. The molecule has 1 heterocycles. The van der Waals surface area contributed by atoms with Gasteiger partial charge < -0.3 is 4.90 Å². The molecule has 3 aromatic rings. The van der Waals surface area contributed by atoms with Crippen LogP contribution in [-0.2, 0) is 11.2 Å². The van der Waals surface area contributed by atoms with Gasteiger partial charge in [-0.3, -0.25) is 4.79 Å². The van der Waals surface area contributed by atoms with Crippen LogP contribution in [0.5, 0.6) is 0 Å². The van der Waals surface area contributed by atoms with Crippen molar-refractivity contribution in [2.24, 2.45) is 0 Å². The third-order valence-electron chi connectivity index (χ3n) is 5.78. The molecule has 1 fully saturated rings. The zero-order valence-corrected chi connectivity index (χ0v) is 17.3. The van der Waals surface area contributed by atoms with Crippen LogP contribution in [-0.4, -0.2) is 23.9 Å². The van der Waals surface area contributed by atoms with E-state index < -0.39 is 0 Å². The van der Waals surface area contributed by atoms with Gasteiger partial charge >= 0.3 is 0 Å². The lowest BCUT2D eigenvalue weighted by atomic mass is 9.94. The van der Waals surface area contributed by atoms with Crippen LogP contribution in [0.2, 0.25) is 5.02 Å². The smallest absolute Gasteiger partial charge is 0.227 e. The third kappa shape index (κ3) is 5.07. The SMILES string of the molecule is O=C(Cc1ccc(-c2ccccc2)cc1)N1CCCCC(c2ccc(Cl)cc2)C1. The van der Waals surface area contributed by atoms with Gasteiger partial charge in [-0.1, -0.05) is 84.8 Å². The Balaban J connectivity index is 1.42. The van der Waals surface area contributed by atoms with E-state index >= 15 is 0 Å². The highest BCUT2D eigenvalue weighted by atomic mass is 35.5. The summed E-state index contributed by atoms with van der Waals surface area (Å²) < 4.78 is 0. The normalized spacial score (nSPS) is 17.0. The van der Waals surface area contributed by atoms with Crippen molar-refractivity contribution in [2.45, 2.75) is 31.6 Å². The molecule has 1 aliphatic heterocycles. The number of amides is 1. The zero-order chi connectivity index (χ0) is 20.1. The highest BCUT2D eigenvalue weighted by Crippen LogP contribution is 2.28. The van der Waals surface area contributed by atoms with Gasteiger partial charge in [-0.2, -0.15) is 0 Å². The predicted octanol–water partition coefficient (Wildman–Crippen LogP) is 6.35. The molecule has 3 aromatic carbocycles. The van der Waals surface area contributed by atoms with Crippen molar-refractivity contribution in [3.8, 4) is 11.1 Å². The van der Waals surface area contributed by atoms with Crippen molar-refractivity contribution in [2.75, 3.05) is 13.1 Å². The predicted molar refractivity (Wildman–Crippen MR) is 120 cm³/mol. The van der Waals surface area contributed by atoms with Crippen molar-refractivity contribution < 1.29 is 4.79 Å². The number of hydrogen-bond acceptors (Lipinski definition) is 1. The van der Waals surface area contributed by atoms with Crippen molar-refractivity contribution in [1.82, 2.24) is 4.90 Å². The average molecular weight is 404 g/mol. The fourth-order valence-corrected chi connectivity index (χ4v) is 4.23. The van der Waals surface area contributed by atoms with E-state index in [4.69, 9.17) is 11.6 Å². The molecule has 0 bridgehead atoms. The van der Waals surface area contributed by atoms with Gasteiger partial charge in [-0.25, -0.2) is 0 Å². The summed E-state index contributed by atoms with van der Waals surface area (Å²) in [5, 5.41) is 0.759. The maximum Gasteiger partial charge on any atom is 0.227 e. The number of nitrogens with zero attached hydrogens (tertiary/aromatic N) is 1. The Morgan fingerprint density at radius 3 is 2.28 bits per heavy atom. The van der Waals surface area contributed by atoms with Gasteiger partial charge in [0, 0.05) is 24.0 Å². The number of hydrogen-bond donors (Lipinski definition) is 0. The number of halogens is 1. The number of benzene rings is 3. The van der Waals surface area contributed by atoms with Crippen LogP contribution in [0.15, 0.2) is 78.9 Å². The Morgan fingerprint density at radius 2 is 1.55 bits per heavy atom. The molecular formula is C26H26ClNO. The summed E-state index contributed by atoms with van der Waals surface area (Å²) in [4.78, 5) is 15.1. The van der Waals surface area contributed by atoms with Crippen LogP contribution in [0.3, 0.4) is 0 Å². The van der Waals surface area contributed by atoms with Gasteiger partial charge in [0.05, 0.1) is 6.42 Å². The van der Waals surface area contributed by atoms with Gasteiger partial charge in [-0.05, 0) is 47.2 Å². The minimum absolute atomic E-state index is 0.221. The molecule has 1 aliphatic rings. The Morgan fingerprint density at radius 1 is 0.862 bits per heavy atom. The first kappa shape index (κ1) is 19.7. The average Bonchev–Trinajstić information content (AvgIpc) is 3.02. The number of carbonyl (C=O) groups excluding carboxylic acids is 1. The van der Waals surface area contributed by atoms with Crippen molar-refractivity contribution in [3.05, 3.63) is 95.0 Å². The van der Waals surface area contributed by atoms with Gasteiger partial charge in [-0.15, -0.1) is 0 Å². The first-order valence-electron chi connectivity index (χ1n) is 10.4. The van der Waals surface area contributed by atoms with Crippen LogP contribution in [0.1, 0.15) is 36.3 Å². The summed E-state index contributed by atoms with van der Waals surface area (Å²) in [5.41, 5.74) is 4.73. The Hall–Kier alpha value is -2.58. The third-order valence-corrected chi connectivity index (χ3v) is 6.03. The quantitative estimate of drug-likeness (QED) is 0.497. The fourth-order valence-electron chi connectivity index (χ4n) is 4.11. The summed E-state index contributed by atoms with van der Waals surface area (Å²) in [7, 11) is 0. The molecule has 1 saturated heterocycles. The maximum absolute atomic E-state index is 13.0. The second-order valence-electron chi connectivity index (χ2n) is 7.82. The second-order valence-corrected chi connectivity index (χ2v) is 8.26. The molecule has 4 rings (SSSR count). The van der Waals surface area contributed by atoms with E-state index in [1.807, 2.05) is 30.3 Å². The molecule has 1 amide bonds. The summed E-state index contributed by atoms with van der Waals surface area (Å²) in [6.07, 6.45) is 3.81. The first-order chi connectivity index (χ1) is 14.2. The van der Waals surface area contributed by atoms with Crippen LogP contribution in [0.25, 0.3) is 11.1 Å². The molecule has 0 spiro atoms. The van der Waals surface area contributed by atoms with E-state index in [1.165, 1.54) is 16.7 Å². The Bertz CT molecular complexity index is 935. The number of rotatable bonds is 4. The standard InChI is InChI=1S/C26H26ClNO/c27-25-15-13-23(14-16-25)24-8-4-5-17-28(19-24)26(29)18-20-9-11-22(12-10-20)21-6-2-1-3-7-21/h1-3,6-7,9-16,24H,4-5,8,17-19H2. The highest BCUT2D eigenvalue weighted by Gasteiger charge is 2.23. The molecule has 2 nitrogen and oxygen atoms in total. The van der Waals surface area contributed by atoms with Crippen LogP contribution in [0, 0.1) is 0 Å². The molecule has 0 radical (unpaired) electrons. The van der Waals surface area contributed by atoms with Crippen LogP contribution < -0.4 is 0 Å². The molecule has 0 N–H and O–H groups in total. The molecule has 1 atom stereocenters. The summed E-state index contributed by atoms with van der Waals surface area (Å²) in [6.45, 7) is 1.65. The lowest BCUT2D eigenvalue weighted by molar-refractivity contribution is -0.130. The van der Waals surface area contributed by atoms with E-state index in [9.17, 15) is 4.79 Å². The van der Waals surface area contributed by atoms with Crippen molar-refractivity contribution in [1.29, 1.82) is 0 Å². The van der Waals surface area contributed by atoms with E-state index in [1.54, 1.807) is 0 Å². The Kier molecular flexibility index (Phi) is 6.31. The minimum atomic E-state index is 0.221. The monoisotopic (exact) mass is 403 g/mol. The van der Waals surface area contributed by atoms with E-state index in [0.29, 0.717) is 12.3 Å². The van der Waals surface area contributed by atoms with Crippen molar-refractivity contribution in [3.63, 3.8) is 0 Å². The minimum Gasteiger partial charge on any atom is -0.342 e. The molecule has 0 saturated carbocycles. The molecule has 29 heavy (non-hydrogen) atoms. The van der Waals surface area contributed by atoms with Gasteiger partial charge in [0.2, 0.25) is 5.91 Å². The van der Waals surface area contributed by atoms with Gasteiger partial charge in [0.15, 0.2) is 0 Å². The molecule has 0 aliphatic carbocycles. The highest BCUT2D eigenvalue weighted by molar-refractivity contribution is 6.30. The summed E-state index contributed by atoms with van der Waals surface area (Å²) in [6, 6.07) is 26.8. The lowest BCUT2D eigenvalue weighted by Gasteiger charge is -2.25. The van der Waals surface area contributed by atoms with E-state index in [-0.39, 0.29) is 5.91 Å². The summed E-state index contributed by atoms with van der Waals surface area (Å²) in [5.74, 6) is 0.609. The topological polar surface area (TPSA) is 20.3 Å². The molecule has 148 valence electrons.